The van der Waals surface area contributed by atoms with Crippen LogP contribution >= 0.6 is 15.9 Å². The van der Waals surface area contributed by atoms with Crippen molar-refractivity contribution in [3.63, 3.8) is 0 Å². The van der Waals surface area contributed by atoms with Crippen LogP contribution in [0.1, 0.15) is 39.2 Å². The van der Waals surface area contributed by atoms with Gasteiger partial charge < -0.3 is 20.7 Å². The minimum Gasteiger partial charge on any atom is -0.444 e. The average Bonchev–Trinajstić information content (AvgIpc) is 2.67. The zero-order valence-electron chi connectivity index (χ0n) is 18.0. The van der Waals surface area contributed by atoms with Crippen molar-refractivity contribution in [2.45, 2.75) is 45.6 Å². The van der Waals surface area contributed by atoms with Crippen LogP contribution in [-0.2, 0) is 20.7 Å². The van der Waals surface area contributed by atoms with Crippen molar-refractivity contribution in [1.29, 1.82) is 0 Å². The molecule has 0 aromatic heterocycles. The van der Waals surface area contributed by atoms with Crippen LogP contribution < -0.4 is 16.0 Å². The Morgan fingerprint density at radius 1 is 0.871 bits per heavy atom. The molecule has 31 heavy (non-hydrogen) atoms. The molecule has 0 saturated carbocycles. The third-order valence-corrected chi connectivity index (χ3v) is 4.58. The summed E-state index contributed by atoms with van der Waals surface area (Å²) in [6.07, 6.45) is 0.442. The number of rotatable bonds is 8. The van der Waals surface area contributed by atoms with Gasteiger partial charge in [-0.05, 0) is 57.0 Å². The predicted molar refractivity (Wildman–Crippen MR) is 125 cm³/mol. The maximum absolute atomic E-state index is 12.4. The lowest BCUT2D eigenvalue weighted by Gasteiger charge is -2.19. The van der Waals surface area contributed by atoms with Crippen molar-refractivity contribution in [3.05, 3.63) is 58.6 Å². The van der Waals surface area contributed by atoms with Gasteiger partial charge in [-0.15, -0.1) is 0 Å². The summed E-state index contributed by atoms with van der Waals surface area (Å²) < 4.78 is 6.12. The monoisotopic (exact) mass is 489 g/mol. The second-order valence-electron chi connectivity index (χ2n) is 7.95. The van der Waals surface area contributed by atoms with Gasteiger partial charge in [-0.2, -0.15) is 0 Å². The number of hydrogen-bond acceptors (Lipinski definition) is 4. The fourth-order valence-electron chi connectivity index (χ4n) is 2.63. The second kappa shape index (κ2) is 11.5. The minimum atomic E-state index is -0.596. The lowest BCUT2D eigenvalue weighted by molar-refractivity contribution is -0.117. The number of halogens is 1. The van der Waals surface area contributed by atoms with Crippen LogP contribution in [0.25, 0.3) is 0 Å². The Labute approximate surface area is 191 Å². The summed E-state index contributed by atoms with van der Waals surface area (Å²) >= 11 is 3.39. The zero-order chi connectivity index (χ0) is 22.9. The van der Waals surface area contributed by atoms with E-state index in [-0.39, 0.29) is 24.8 Å². The molecule has 8 heteroatoms. The number of ether oxygens (including phenoxy) is 1. The maximum atomic E-state index is 12.4. The van der Waals surface area contributed by atoms with Crippen LogP contribution in [0.4, 0.5) is 16.2 Å². The molecule has 2 rings (SSSR count). The number of carbonyl (C=O) groups excluding carboxylic acids is 3. The lowest BCUT2D eigenvalue weighted by atomic mass is 10.1. The summed E-state index contributed by atoms with van der Waals surface area (Å²) in [5.41, 5.74) is 1.50. The molecule has 0 aliphatic heterocycles. The molecule has 3 N–H and O–H groups in total. The van der Waals surface area contributed by atoms with Crippen LogP contribution in [-0.4, -0.2) is 30.1 Å². The highest BCUT2D eigenvalue weighted by molar-refractivity contribution is 9.10. The molecule has 0 atom stereocenters. The minimum absolute atomic E-state index is 0.0745. The van der Waals surface area contributed by atoms with E-state index in [9.17, 15) is 14.4 Å². The number of hydrogen-bond donors (Lipinski definition) is 3. The molecule has 2 aromatic carbocycles. The number of carbonyl (C=O) groups is 3. The van der Waals surface area contributed by atoms with Gasteiger partial charge in [-0.1, -0.05) is 40.2 Å². The highest BCUT2D eigenvalue weighted by atomic mass is 79.9. The largest absolute Gasteiger partial charge is 0.444 e. The van der Waals surface area contributed by atoms with E-state index in [1.54, 1.807) is 45.0 Å². The van der Waals surface area contributed by atoms with Crippen LogP contribution in [0, 0.1) is 0 Å². The molecule has 0 saturated heterocycles. The summed E-state index contributed by atoms with van der Waals surface area (Å²) in [6.45, 7) is 5.44. The van der Waals surface area contributed by atoms with Gasteiger partial charge in [0.25, 0.3) is 0 Å². The van der Waals surface area contributed by atoms with E-state index in [4.69, 9.17) is 4.74 Å². The highest BCUT2D eigenvalue weighted by Gasteiger charge is 2.16. The molecule has 0 unspecified atom stereocenters. The molecule has 0 radical (unpaired) electrons. The van der Waals surface area contributed by atoms with Gasteiger partial charge in [0.15, 0.2) is 0 Å². The van der Waals surface area contributed by atoms with Gasteiger partial charge in [0.2, 0.25) is 11.8 Å². The SMILES string of the molecule is CC(C)(C)OC(=O)NCCC(=O)Nc1ccccc1NC(=O)CCc1ccc(Br)cc1. The molecule has 0 spiro atoms. The van der Waals surface area contributed by atoms with Crippen molar-refractivity contribution in [1.82, 2.24) is 5.32 Å². The smallest absolute Gasteiger partial charge is 0.407 e. The summed E-state index contributed by atoms with van der Waals surface area (Å²) in [5.74, 6) is -0.427. The van der Waals surface area contributed by atoms with Crippen molar-refractivity contribution in [3.8, 4) is 0 Å². The third-order valence-electron chi connectivity index (χ3n) is 4.05. The van der Waals surface area contributed by atoms with E-state index >= 15 is 0 Å². The first kappa shape index (κ1) is 24.4. The Morgan fingerprint density at radius 3 is 1.97 bits per heavy atom. The second-order valence-corrected chi connectivity index (χ2v) is 8.86. The van der Waals surface area contributed by atoms with E-state index in [1.165, 1.54) is 0 Å². The normalized spacial score (nSPS) is 10.8. The number of nitrogens with one attached hydrogen (secondary N) is 3. The zero-order valence-corrected chi connectivity index (χ0v) is 19.5. The molecule has 166 valence electrons. The molecule has 7 nitrogen and oxygen atoms in total. The Bertz CT molecular complexity index is 908. The average molecular weight is 490 g/mol. The van der Waals surface area contributed by atoms with Crippen molar-refractivity contribution in [2.75, 3.05) is 17.2 Å². The van der Waals surface area contributed by atoms with Gasteiger partial charge in [0, 0.05) is 23.9 Å². The number of alkyl carbamates (subject to hydrolysis) is 1. The molecule has 0 bridgehead atoms. The Balaban J connectivity index is 1.82. The fraction of sp³-hybridized carbons (Fsp3) is 0.348. The number of benzene rings is 2. The topological polar surface area (TPSA) is 96.5 Å². The molecular formula is C23H28BrN3O4. The first-order valence-corrected chi connectivity index (χ1v) is 10.8. The summed E-state index contributed by atoms with van der Waals surface area (Å²) in [6, 6.07) is 14.8. The summed E-state index contributed by atoms with van der Waals surface area (Å²) in [7, 11) is 0. The summed E-state index contributed by atoms with van der Waals surface area (Å²) in [4.78, 5) is 36.2. The number of para-hydroxylation sites is 2. The van der Waals surface area contributed by atoms with Crippen molar-refractivity contribution in [2.24, 2.45) is 0 Å². The van der Waals surface area contributed by atoms with E-state index in [0.29, 0.717) is 24.2 Å². The van der Waals surface area contributed by atoms with Gasteiger partial charge in [0.1, 0.15) is 5.60 Å². The lowest BCUT2D eigenvalue weighted by Crippen LogP contribution is -2.34. The van der Waals surface area contributed by atoms with Crippen LogP contribution in [0.3, 0.4) is 0 Å². The molecule has 0 heterocycles. The molecular weight excluding hydrogens is 462 g/mol. The molecule has 0 fully saturated rings. The molecule has 0 aliphatic rings. The van der Waals surface area contributed by atoms with Gasteiger partial charge in [-0.3, -0.25) is 9.59 Å². The first-order valence-electron chi connectivity index (χ1n) is 10.0. The van der Waals surface area contributed by atoms with Crippen molar-refractivity contribution < 1.29 is 19.1 Å². The number of anilines is 2. The van der Waals surface area contributed by atoms with E-state index in [2.05, 4.69) is 31.9 Å². The summed E-state index contributed by atoms with van der Waals surface area (Å²) in [5, 5.41) is 8.16. The van der Waals surface area contributed by atoms with Crippen LogP contribution in [0.5, 0.6) is 0 Å². The molecule has 0 aliphatic carbocycles. The van der Waals surface area contributed by atoms with Gasteiger partial charge in [0.05, 0.1) is 11.4 Å². The Morgan fingerprint density at radius 2 is 1.42 bits per heavy atom. The number of aryl methyl sites for hydroxylation is 1. The van der Waals surface area contributed by atoms with Crippen molar-refractivity contribution >= 4 is 45.2 Å². The predicted octanol–water partition coefficient (Wildman–Crippen LogP) is 4.87. The standard InChI is InChI=1S/C23H28BrN3O4/c1-23(2,3)31-22(30)25-15-14-21(29)27-19-7-5-4-6-18(19)26-20(28)13-10-16-8-11-17(24)12-9-16/h4-9,11-12H,10,13-15H2,1-3H3,(H,25,30)(H,26,28)(H,27,29). The Hall–Kier alpha value is -2.87. The fourth-order valence-corrected chi connectivity index (χ4v) is 2.89. The highest BCUT2D eigenvalue weighted by Crippen LogP contribution is 2.21. The number of amides is 3. The van der Waals surface area contributed by atoms with E-state index in [0.717, 1.165) is 10.0 Å². The van der Waals surface area contributed by atoms with E-state index in [1.807, 2.05) is 24.3 Å². The quantitative estimate of drug-likeness (QED) is 0.492. The Kier molecular flexibility index (Phi) is 9.05. The third kappa shape index (κ3) is 9.65. The van der Waals surface area contributed by atoms with E-state index < -0.39 is 11.7 Å². The van der Waals surface area contributed by atoms with Crippen LogP contribution in [0.15, 0.2) is 53.0 Å². The van der Waals surface area contributed by atoms with Gasteiger partial charge >= 0.3 is 6.09 Å². The molecule has 2 aromatic rings. The van der Waals surface area contributed by atoms with Gasteiger partial charge in [-0.25, -0.2) is 4.79 Å². The van der Waals surface area contributed by atoms with Crippen LogP contribution in [0.2, 0.25) is 0 Å². The first-order chi connectivity index (χ1) is 14.6. The maximum Gasteiger partial charge on any atom is 0.407 e. The molecule has 3 amide bonds.